The molecule has 30 heavy (non-hydrogen) atoms. The van der Waals surface area contributed by atoms with E-state index in [1.807, 2.05) is 30.3 Å². The zero-order chi connectivity index (χ0) is 21.6. The van der Waals surface area contributed by atoms with Crippen molar-refractivity contribution in [3.63, 3.8) is 0 Å². The largest absolute Gasteiger partial charge is 0.354 e. The van der Waals surface area contributed by atoms with Crippen molar-refractivity contribution in [2.75, 3.05) is 12.2 Å². The van der Waals surface area contributed by atoms with Crippen molar-refractivity contribution in [3.8, 4) is 0 Å². The lowest BCUT2D eigenvalue weighted by molar-refractivity contribution is -0.0535. The predicted molar refractivity (Wildman–Crippen MR) is 109 cm³/mol. The van der Waals surface area contributed by atoms with E-state index < -0.39 is 12.8 Å². The number of rotatable bonds is 5. The van der Waals surface area contributed by atoms with Crippen LogP contribution in [0.25, 0.3) is 11.0 Å². The lowest BCUT2D eigenvalue weighted by atomic mass is 9.99. The van der Waals surface area contributed by atoms with Crippen LogP contribution in [0.5, 0.6) is 0 Å². The molecule has 0 amide bonds. The molecule has 1 atom stereocenters. The van der Waals surface area contributed by atoms with Crippen molar-refractivity contribution in [1.29, 1.82) is 5.41 Å². The highest BCUT2D eigenvalue weighted by molar-refractivity contribution is 5.86. The monoisotopic (exact) mass is 413 g/mol. The van der Waals surface area contributed by atoms with E-state index >= 15 is 4.39 Å². The minimum Gasteiger partial charge on any atom is -0.354 e. The van der Waals surface area contributed by atoms with Gasteiger partial charge in [0.15, 0.2) is 0 Å². The maximum Gasteiger partial charge on any atom is 0.263 e. The number of H-pyrrole nitrogens is 1. The molecule has 154 valence electrons. The van der Waals surface area contributed by atoms with Crippen LogP contribution in [0, 0.1) is 5.41 Å². The second-order valence-corrected chi connectivity index (χ2v) is 6.12. The van der Waals surface area contributed by atoms with E-state index in [4.69, 9.17) is 5.41 Å². The van der Waals surface area contributed by atoms with Crippen molar-refractivity contribution in [1.82, 2.24) is 15.0 Å². The Kier molecular flexibility index (Phi) is 6.43. The quantitative estimate of drug-likeness (QED) is 0.355. The Bertz CT molecular complexity index is 1130. The first-order valence-electron chi connectivity index (χ1n) is 8.80. The molecule has 0 aliphatic carbocycles. The van der Waals surface area contributed by atoms with Gasteiger partial charge in [-0.15, -0.1) is 0 Å². The summed E-state index contributed by atoms with van der Waals surface area (Å²) < 4.78 is 34.6. The summed E-state index contributed by atoms with van der Waals surface area (Å²) in [5, 5.41) is 21.8. The molecule has 1 aromatic carbocycles. The highest BCUT2D eigenvalue weighted by Crippen LogP contribution is 2.36. The first-order chi connectivity index (χ1) is 14.5. The summed E-state index contributed by atoms with van der Waals surface area (Å²) in [7, 11) is 0. The van der Waals surface area contributed by atoms with Crippen molar-refractivity contribution < 1.29 is 18.3 Å². The van der Waals surface area contributed by atoms with Gasteiger partial charge in [-0.1, -0.05) is 18.2 Å². The average molecular weight is 413 g/mol. The number of nitrogens with zero attached hydrogens (tertiary/aromatic N) is 2. The predicted octanol–water partition coefficient (Wildman–Crippen LogP) is 4.74. The number of aromatic amines is 1. The van der Waals surface area contributed by atoms with Gasteiger partial charge in [-0.25, -0.2) is 23.1 Å². The Labute approximate surface area is 170 Å². The lowest BCUT2D eigenvalue weighted by Crippen LogP contribution is -2.21. The molecular weight excluding hydrogens is 395 g/mol. The molecular formula is C21H18F3N5O. The number of hydrogen-bond acceptors (Lipinski definition) is 5. The van der Waals surface area contributed by atoms with Gasteiger partial charge < -0.3 is 20.8 Å². The maximum absolute atomic E-state index is 15.4. The molecule has 0 aliphatic heterocycles. The van der Waals surface area contributed by atoms with Gasteiger partial charge in [0.25, 0.3) is 5.85 Å². The minimum absolute atomic E-state index is 0.0482. The fourth-order valence-corrected chi connectivity index (χ4v) is 2.92. The van der Waals surface area contributed by atoms with E-state index in [1.165, 1.54) is 18.5 Å². The molecule has 0 bridgehead atoms. The van der Waals surface area contributed by atoms with E-state index in [1.54, 1.807) is 18.3 Å². The molecule has 9 heteroatoms. The Morgan fingerprint density at radius 2 is 1.87 bits per heavy atom. The summed E-state index contributed by atoms with van der Waals surface area (Å²) in [6.45, 7) is -1.75. The number of nitrogens with one attached hydrogen (secondary N) is 3. The summed E-state index contributed by atoms with van der Waals surface area (Å²) in [5.74, 6) is -2.38. The van der Waals surface area contributed by atoms with E-state index in [0.29, 0.717) is 22.4 Å². The number of alkyl halides is 3. The normalized spacial score (nSPS) is 12.5. The third kappa shape index (κ3) is 4.31. The minimum atomic E-state index is -2.78. The molecule has 1 unspecified atom stereocenters. The summed E-state index contributed by atoms with van der Waals surface area (Å²) in [6.07, 6.45) is 5.29. The van der Waals surface area contributed by atoms with Gasteiger partial charge in [-0.2, -0.15) is 0 Å². The number of para-hydroxylation sites is 1. The molecule has 0 aliphatic rings. The van der Waals surface area contributed by atoms with Crippen LogP contribution in [-0.4, -0.2) is 33.2 Å². The molecule has 0 saturated heterocycles. The zero-order valence-electron chi connectivity index (χ0n) is 15.6. The number of pyridine rings is 2. The van der Waals surface area contributed by atoms with Crippen LogP contribution >= 0.6 is 0 Å². The molecule has 3 aromatic heterocycles. The van der Waals surface area contributed by atoms with Crippen LogP contribution < -0.4 is 5.32 Å². The zero-order valence-corrected chi connectivity index (χ0v) is 15.6. The second kappa shape index (κ2) is 9.19. The fraction of sp³-hybridized carbons (Fsp3) is 0.0952. The number of benzene rings is 1. The molecule has 6 nitrogen and oxygen atoms in total. The Morgan fingerprint density at radius 3 is 2.57 bits per heavy atom. The first-order valence-corrected chi connectivity index (χ1v) is 8.80. The Hall–Kier alpha value is -3.72. The van der Waals surface area contributed by atoms with Crippen molar-refractivity contribution in [2.24, 2.45) is 0 Å². The van der Waals surface area contributed by atoms with Crippen LogP contribution in [0.1, 0.15) is 16.7 Å². The molecule has 0 saturated carbocycles. The van der Waals surface area contributed by atoms with Crippen LogP contribution in [0.15, 0.2) is 67.1 Å². The van der Waals surface area contributed by atoms with Crippen molar-refractivity contribution in [2.45, 2.75) is 5.85 Å². The van der Waals surface area contributed by atoms with Gasteiger partial charge in [0.1, 0.15) is 11.5 Å². The Morgan fingerprint density at radius 1 is 1.13 bits per heavy atom. The molecule has 4 N–H and O–H groups in total. The fourth-order valence-electron chi connectivity index (χ4n) is 2.92. The lowest BCUT2D eigenvalue weighted by Gasteiger charge is -2.20. The number of hydrogen-bond donors (Lipinski definition) is 4. The summed E-state index contributed by atoms with van der Waals surface area (Å²) in [6, 6.07) is 14.1. The van der Waals surface area contributed by atoms with Crippen molar-refractivity contribution >= 4 is 28.8 Å². The van der Waals surface area contributed by atoms with Gasteiger partial charge in [-0.3, -0.25) is 0 Å². The third-order valence-electron chi connectivity index (χ3n) is 4.30. The standard InChI is InChI=1S/C20H16FN5O.CH2F2/c21-20(27,17-12-25-19-16(17)7-4-8-23-19)14-9-13(10-22)18(24-11-14)26-15-5-2-1-3-6-15;2-1-3/h1-12,22,27H,(H,23,25)(H,24,26);1H2. The molecule has 4 aromatic rings. The first kappa shape index (κ1) is 21.0. The topological polar surface area (TPSA) is 97.7 Å². The van der Waals surface area contributed by atoms with Gasteiger partial charge in [0, 0.05) is 52.6 Å². The van der Waals surface area contributed by atoms with Gasteiger partial charge in [0.2, 0.25) is 6.93 Å². The smallest absolute Gasteiger partial charge is 0.263 e. The van der Waals surface area contributed by atoms with E-state index in [0.717, 1.165) is 11.9 Å². The van der Waals surface area contributed by atoms with E-state index in [2.05, 4.69) is 20.3 Å². The molecule has 0 radical (unpaired) electrons. The maximum atomic E-state index is 15.4. The van der Waals surface area contributed by atoms with Gasteiger partial charge in [0.05, 0.1) is 0 Å². The number of aliphatic hydroxyl groups is 1. The third-order valence-corrected chi connectivity index (χ3v) is 4.30. The molecule has 0 fully saturated rings. The van der Waals surface area contributed by atoms with E-state index in [-0.39, 0.29) is 11.1 Å². The summed E-state index contributed by atoms with van der Waals surface area (Å²) in [4.78, 5) is 11.2. The highest BCUT2D eigenvalue weighted by atomic mass is 19.3. The number of aromatic nitrogens is 3. The second-order valence-electron chi connectivity index (χ2n) is 6.12. The highest BCUT2D eigenvalue weighted by Gasteiger charge is 2.35. The Balaban J connectivity index is 0.000000806. The van der Waals surface area contributed by atoms with Crippen LogP contribution in [0.3, 0.4) is 0 Å². The SMILES string of the molecule is FCF.N=Cc1cc(C(O)(F)c2c[nH]c3ncccc23)cnc1Nc1ccccc1. The molecule has 3 heterocycles. The van der Waals surface area contributed by atoms with Crippen LogP contribution in [-0.2, 0) is 5.85 Å². The number of halogens is 3. The molecule has 4 rings (SSSR count). The molecule has 0 spiro atoms. The van der Waals surface area contributed by atoms with E-state index in [9.17, 15) is 13.9 Å². The van der Waals surface area contributed by atoms with Crippen LogP contribution in [0.2, 0.25) is 0 Å². The summed E-state index contributed by atoms with van der Waals surface area (Å²) in [5.41, 5.74) is 1.60. The van der Waals surface area contributed by atoms with Gasteiger partial charge in [-0.05, 0) is 30.3 Å². The summed E-state index contributed by atoms with van der Waals surface area (Å²) >= 11 is 0. The van der Waals surface area contributed by atoms with Crippen molar-refractivity contribution in [3.05, 3.63) is 83.8 Å². The number of fused-ring (bicyclic) bond motifs is 1. The van der Waals surface area contributed by atoms with Crippen LogP contribution in [0.4, 0.5) is 24.7 Å². The van der Waals surface area contributed by atoms with Gasteiger partial charge >= 0.3 is 0 Å². The number of anilines is 2. The average Bonchev–Trinajstić information content (AvgIpc) is 3.20.